The summed E-state index contributed by atoms with van der Waals surface area (Å²) < 4.78 is 0. The van der Waals surface area contributed by atoms with Crippen molar-refractivity contribution in [2.45, 2.75) is 0 Å². The number of hydrazine groups is 1. The number of carbonyl (C=O) groups is 1. The molecule has 0 spiro atoms. The van der Waals surface area contributed by atoms with E-state index in [-0.39, 0.29) is 12.6 Å². The zero-order chi connectivity index (χ0) is 13.0. The van der Waals surface area contributed by atoms with Crippen LogP contribution < -0.4 is 16.4 Å². The lowest BCUT2D eigenvalue weighted by atomic mass is 10.0. The first-order valence-electron chi connectivity index (χ1n) is 5.96. The molecule has 0 saturated carbocycles. The van der Waals surface area contributed by atoms with Gasteiger partial charge in [-0.15, -0.1) is 0 Å². The number of aliphatic imine (C=N–C) groups is 1. The maximum atomic E-state index is 12.0. The van der Waals surface area contributed by atoms with E-state index in [2.05, 4.69) is 9.98 Å². The van der Waals surface area contributed by atoms with Gasteiger partial charge in [0.1, 0.15) is 6.67 Å². The van der Waals surface area contributed by atoms with Crippen molar-refractivity contribution in [2.75, 3.05) is 6.67 Å². The fourth-order valence-electron chi connectivity index (χ4n) is 2.59. The van der Waals surface area contributed by atoms with Crippen LogP contribution in [0.15, 0.2) is 34.3 Å². The Morgan fingerprint density at radius 2 is 2.00 bits per heavy atom. The van der Waals surface area contributed by atoms with E-state index in [1.165, 1.54) is 0 Å². The Balaban J connectivity index is 2.17. The molecule has 0 saturated heterocycles. The second-order valence-corrected chi connectivity index (χ2v) is 4.61. The summed E-state index contributed by atoms with van der Waals surface area (Å²) in [6, 6.07) is 7.71. The summed E-state index contributed by atoms with van der Waals surface area (Å²) in [6.45, 7) is 0.197. The molecule has 0 unspecified atom stereocenters. The van der Waals surface area contributed by atoms with E-state index in [0.29, 0.717) is 5.56 Å². The first-order valence-corrected chi connectivity index (χ1v) is 5.96. The van der Waals surface area contributed by atoms with Gasteiger partial charge in [0.15, 0.2) is 0 Å². The summed E-state index contributed by atoms with van der Waals surface area (Å²) in [5.41, 5.74) is 1.65. The van der Waals surface area contributed by atoms with Crippen LogP contribution in [-0.2, 0) is 0 Å². The van der Waals surface area contributed by atoms with E-state index >= 15 is 0 Å². The molecule has 2 heterocycles. The molecule has 0 aliphatic carbocycles. The van der Waals surface area contributed by atoms with E-state index in [1.807, 2.05) is 30.6 Å². The molecule has 1 amide bonds. The summed E-state index contributed by atoms with van der Waals surface area (Å²) in [5.74, 6) is 5.40. The molecular weight excluding hydrogens is 240 g/mol. The largest absolute Gasteiger partial charge is 0.271 e. The highest BCUT2D eigenvalue weighted by atomic mass is 16.2. The smallest absolute Gasteiger partial charge is 0.267 e. The number of nitrogens with zero attached hydrogens (tertiary/aromatic N) is 3. The van der Waals surface area contributed by atoms with Crippen molar-refractivity contribution in [1.82, 2.24) is 5.01 Å². The van der Waals surface area contributed by atoms with E-state index in [9.17, 15) is 4.79 Å². The van der Waals surface area contributed by atoms with Gasteiger partial charge in [0.2, 0.25) is 0 Å². The quantitative estimate of drug-likeness (QED) is 0.524. The molecule has 0 radical (unpaired) electrons. The van der Waals surface area contributed by atoms with Gasteiger partial charge < -0.3 is 0 Å². The lowest BCUT2D eigenvalue weighted by Crippen LogP contribution is -2.44. The van der Waals surface area contributed by atoms with Crippen LogP contribution in [0.4, 0.5) is 0 Å². The first kappa shape index (κ1) is 10.4. The molecule has 2 aromatic carbocycles. The van der Waals surface area contributed by atoms with Gasteiger partial charge in [-0.05, 0) is 11.5 Å². The topological polar surface area (TPSA) is 71.0 Å². The van der Waals surface area contributed by atoms with Gasteiger partial charge in [-0.25, -0.2) is 5.84 Å². The van der Waals surface area contributed by atoms with Crippen molar-refractivity contribution in [1.29, 1.82) is 0 Å². The van der Waals surface area contributed by atoms with Gasteiger partial charge in [0, 0.05) is 28.6 Å². The summed E-state index contributed by atoms with van der Waals surface area (Å²) in [6.07, 6.45) is 3.67. The third kappa shape index (κ3) is 1.30. The minimum absolute atomic E-state index is 0.187. The van der Waals surface area contributed by atoms with Gasteiger partial charge in [0.05, 0.1) is 10.9 Å². The van der Waals surface area contributed by atoms with Crippen LogP contribution in [0.2, 0.25) is 0 Å². The summed E-state index contributed by atoms with van der Waals surface area (Å²) in [5, 5.41) is 4.97. The molecule has 0 fully saturated rings. The Kier molecular flexibility index (Phi) is 1.91. The molecule has 2 aliphatic heterocycles. The average molecular weight is 250 g/mol. The van der Waals surface area contributed by atoms with Crippen molar-refractivity contribution in [3.63, 3.8) is 0 Å². The van der Waals surface area contributed by atoms with Crippen LogP contribution in [0.5, 0.6) is 0 Å². The molecule has 2 aromatic rings. The van der Waals surface area contributed by atoms with Crippen molar-refractivity contribution in [2.24, 2.45) is 15.8 Å². The molecule has 5 nitrogen and oxygen atoms in total. The molecule has 0 bridgehead atoms. The predicted molar refractivity (Wildman–Crippen MR) is 72.0 cm³/mol. The zero-order valence-corrected chi connectivity index (χ0v) is 10.00. The molecule has 19 heavy (non-hydrogen) atoms. The van der Waals surface area contributed by atoms with Crippen molar-refractivity contribution >= 4 is 29.1 Å². The van der Waals surface area contributed by atoms with Crippen LogP contribution >= 0.6 is 0 Å². The predicted octanol–water partition coefficient (Wildman–Crippen LogP) is -0.0831. The van der Waals surface area contributed by atoms with Gasteiger partial charge >= 0.3 is 0 Å². The Morgan fingerprint density at radius 3 is 2.89 bits per heavy atom. The number of nitrogens with two attached hydrogens (primary N) is 1. The van der Waals surface area contributed by atoms with Crippen LogP contribution in [-0.4, -0.2) is 23.8 Å². The third-order valence-electron chi connectivity index (χ3n) is 3.54. The Hall–Kier alpha value is -2.53. The van der Waals surface area contributed by atoms with Crippen LogP contribution in [0.1, 0.15) is 15.9 Å². The van der Waals surface area contributed by atoms with Crippen LogP contribution in [0, 0.1) is 0 Å². The Labute approximate surface area is 108 Å². The summed E-state index contributed by atoms with van der Waals surface area (Å²) in [7, 11) is 0. The highest BCUT2D eigenvalue weighted by Gasteiger charge is 2.20. The molecule has 4 rings (SSSR count). The zero-order valence-electron chi connectivity index (χ0n) is 10.00. The van der Waals surface area contributed by atoms with Crippen LogP contribution in [0.3, 0.4) is 0 Å². The van der Waals surface area contributed by atoms with Gasteiger partial charge in [0.25, 0.3) is 5.91 Å². The minimum Gasteiger partial charge on any atom is -0.267 e. The van der Waals surface area contributed by atoms with Crippen molar-refractivity contribution < 1.29 is 4.79 Å². The number of benzene rings is 2. The number of fused-ring (bicyclic) bond motifs is 5. The third-order valence-corrected chi connectivity index (χ3v) is 3.54. The van der Waals surface area contributed by atoms with Crippen LogP contribution in [0.25, 0.3) is 17.0 Å². The van der Waals surface area contributed by atoms with E-state index in [1.54, 1.807) is 6.07 Å². The second-order valence-electron chi connectivity index (χ2n) is 4.61. The molecule has 5 heteroatoms. The van der Waals surface area contributed by atoms with E-state index in [4.69, 9.17) is 5.84 Å². The molecule has 92 valence electrons. The van der Waals surface area contributed by atoms with Gasteiger partial charge in [-0.2, -0.15) is 0 Å². The Bertz CT molecular complexity index is 882. The lowest BCUT2D eigenvalue weighted by molar-refractivity contribution is 0.0745. The van der Waals surface area contributed by atoms with Gasteiger partial charge in [-0.3, -0.25) is 19.8 Å². The standard InChI is InChI=1S/C14H10N4O/c15-18-7-17-13-10-2-1-8-5-16-6-12(8)9(10)3-4-11(13)14(18)19/h1-6H,7,15H2. The fourth-order valence-corrected chi connectivity index (χ4v) is 2.59. The number of amides is 1. The first-order chi connectivity index (χ1) is 9.25. The van der Waals surface area contributed by atoms with Crippen molar-refractivity contribution in [3.8, 4) is 0 Å². The SMILES string of the molecule is NN1CN=c2c(ccc3c4c(ccc23)C=NC=4)C1=O. The highest BCUT2D eigenvalue weighted by molar-refractivity contribution is 6.01. The number of hydrogen-bond donors (Lipinski definition) is 1. The molecule has 0 atom stereocenters. The fraction of sp³-hybridized carbons (Fsp3) is 0.0714. The molecule has 2 N–H and O–H groups in total. The second kappa shape index (κ2) is 3.49. The lowest BCUT2D eigenvalue weighted by Gasteiger charge is -2.19. The molecular formula is C14H10N4O. The normalized spacial score (nSPS) is 16.1. The average Bonchev–Trinajstić information content (AvgIpc) is 2.91. The monoisotopic (exact) mass is 250 g/mol. The van der Waals surface area contributed by atoms with Gasteiger partial charge in [-0.1, -0.05) is 18.2 Å². The van der Waals surface area contributed by atoms with Crippen molar-refractivity contribution in [3.05, 3.63) is 46.0 Å². The maximum absolute atomic E-state index is 12.0. The Morgan fingerprint density at radius 1 is 1.16 bits per heavy atom. The number of carbonyl (C=O) groups excluding carboxylic acids is 1. The summed E-state index contributed by atoms with van der Waals surface area (Å²) >= 11 is 0. The number of hydrogen-bond acceptors (Lipinski definition) is 4. The van der Waals surface area contributed by atoms with E-state index < -0.39 is 0 Å². The summed E-state index contributed by atoms with van der Waals surface area (Å²) in [4.78, 5) is 20.6. The number of rotatable bonds is 0. The molecule has 2 aliphatic rings. The molecule has 0 aromatic heterocycles. The van der Waals surface area contributed by atoms with E-state index in [0.717, 1.165) is 31.9 Å². The minimum atomic E-state index is -0.187. The maximum Gasteiger partial charge on any atom is 0.271 e. The highest BCUT2D eigenvalue weighted by Crippen LogP contribution is 2.13.